The van der Waals surface area contributed by atoms with Crippen molar-refractivity contribution in [3.05, 3.63) is 30.3 Å². The first-order chi connectivity index (χ1) is 5.08. The molecule has 0 aliphatic heterocycles. The maximum atomic E-state index is 10.6. The number of nitrogens with one attached hydrogen (secondary N) is 1. The van der Waals surface area contributed by atoms with E-state index < -0.39 is 10.2 Å². The first-order valence-electron chi connectivity index (χ1n) is 2.89. The highest BCUT2D eigenvalue weighted by Gasteiger charge is 1.97. The summed E-state index contributed by atoms with van der Waals surface area (Å²) in [5, 5.41) is 4.84. The topological polar surface area (TPSA) is 76.2 Å². The molecule has 5 heteroatoms. The average molecular weight is 172 g/mol. The van der Waals surface area contributed by atoms with E-state index in [9.17, 15) is 4.21 Å². The summed E-state index contributed by atoms with van der Waals surface area (Å²) >= 11 is 0. The molecule has 0 aliphatic carbocycles. The Kier molecular flexibility index (Phi) is 2.11. The monoisotopic (exact) mass is 172 g/mol. The van der Waals surface area contributed by atoms with Gasteiger partial charge < -0.3 is 4.18 Å². The minimum absolute atomic E-state index is 0.343. The fourth-order valence-corrected chi connectivity index (χ4v) is 1.02. The number of nitrogens with two attached hydrogens (primary N) is 1. The quantitative estimate of drug-likeness (QED) is 0.695. The van der Waals surface area contributed by atoms with E-state index in [4.69, 9.17) is 9.92 Å². The van der Waals surface area contributed by atoms with Crippen LogP contribution in [0, 0.1) is 4.78 Å². The third-order valence-electron chi connectivity index (χ3n) is 0.963. The van der Waals surface area contributed by atoms with Crippen LogP contribution < -0.4 is 9.32 Å². The van der Waals surface area contributed by atoms with E-state index in [0.717, 1.165) is 0 Å². The summed E-state index contributed by atoms with van der Waals surface area (Å²) < 4.78 is 21.9. The predicted molar refractivity (Wildman–Crippen MR) is 42.1 cm³/mol. The molecule has 4 nitrogen and oxygen atoms in total. The van der Waals surface area contributed by atoms with E-state index in [1.807, 2.05) is 0 Å². The standard InChI is InChI=1S/C6H8N2O2S/c7-11(8,9)10-6-4-2-1-3-5-6/h1-5H,(H3,7,8,9). The van der Waals surface area contributed by atoms with E-state index in [1.54, 1.807) is 30.3 Å². The highest BCUT2D eigenvalue weighted by atomic mass is 32.2. The van der Waals surface area contributed by atoms with E-state index in [1.165, 1.54) is 0 Å². The largest absolute Gasteiger partial charge is 0.385 e. The van der Waals surface area contributed by atoms with Gasteiger partial charge in [-0.2, -0.15) is 4.21 Å². The molecule has 0 heterocycles. The van der Waals surface area contributed by atoms with Crippen molar-refractivity contribution >= 4 is 10.2 Å². The number of para-hydroxylation sites is 1. The zero-order valence-corrected chi connectivity index (χ0v) is 6.51. The van der Waals surface area contributed by atoms with Crippen LogP contribution in [-0.2, 0) is 10.2 Å². The molecule has 1 aromatic carbocycles. The van der Waals surface area contributed by atoms with Gasteiger partial charge in [-0.05, 0) is 12.1 Å². The lowest BCUT2D eigenvalue weighted by Crippen LogP contribution is -2.17. The van der Waals surface area contributed by atoms with Gasteiger partial charge in [-0.25, -0.2) is 9.92 Å². The zero-order chi connectivity index (χ0) is 8.32. The third kappa shape index (κ3) is 3.01. The maximum absolute atomic E-state index is 10.6. The van der Waals surface area contributed by atoms with E-state index in [2.05, 4.69) is 4.18 Å². The number of rotatable bonds is 2. The molecule has 0 saturated carbocycles. The average Bonchev–Trinajstić information content (AvgIpc) is 1.85. The molecule has 60 valence electrons. The smallest absolute Gasteiger partial charge is 0.270 e. The van der Waals surface area contributed by atoms with Crippen molar-refractivity contribution in [1.29, 1.82) is 4.78 Å². The van der Waals surface area contributed by atoms with Crippen LogP contribution in [0.1, 0.15) is 0 Å². The van der Waals surface area contributed by atoms with Crippen molar-refractivity contribution in [3.63, 3.8) is 0 Å². The van der Waals surface area contributed by atoms with E-state index >= 15 is 0 Å². The molecule has 11 heavy (non-hydrogen) atoms. The van der Waals surface area contributed by atoms with Gasteiger partial charge in [0.25, 0.3) is 10.2 Å². The molecule has 1 rings (SSSR count). The Balaban J connectivity index is 2.82. The van der Waals surface area contributed by atoms with Crippen LogP contribution in [0.4, 0.5) is 0 Å². The maximum Gasteiger partial charge on any atom is 0.270 e. The number of hydrogen-bond acceptors (Lipinski definition) is 3. The molecule has 0 aromatic heterocycles. The first-order valence-corrected chi connectivity index (χ1v) is 4.43. The highest BCUT2D eigenvalue weighted by molar-refractivity contribution is 7.85. The molecule has 0 saturated heterocycles. The zero-order valence-electron chi connectivity index (χ0n) is 5.69. The fraction of sp³-hybridized carbons (Fsp3) is 0. The first kappa shape index (κ1) is 8.03. The summed E-state index contributed by atoms with van der Waals surface area (Å²) in [5.41, 5.74) is 0. The van der Waals surface area contributed by atoms with Gasteiger partial charge in [0, 0.05) is 0 Å². The normalized spacial score (nSPS) is 15.4. The van der Waals surface area contributed by atoms with Crippen LogP contribution >= 0.6 is 0 Å². The van der Waals surface area contributed by atoms with Gasteiger partial charge in [0.2, 0.25) is 0 Å². The van der Waals surface area contributed by atoms with Crippen molar-refractivity contribution in [2.45, 2.75) is 0 Å². The van der Waals surface area contributed by atoms with E-state index in [0.29, 0.717) is 5.75 Å². The minimum Gasteiger partial charge on any atom is -0.385 e. The molecule has 3 N–H and O–H groups in total. The summed E-state index contributed by atoms with van der Waals surface area (Å²) in [6.07, 6.45) is 0. The van der Waals surface area contributed by atoms with Crippen LogP contribution in [0.5, 0.6) is 5.75 Å². The fourth-order valence-electron chi connectivity index (χ4n) is 0.619. The lowest BCUT2D eigenvalue weighted by atomic mass is 10.3. The van der Waals surface area contributed by atoms with Crippen molar-refractivity contribution in [1.82, 2.24) is 0 Å². The number of hydrogen-bond donors (Lipinski definition) is 2. The third-order valence-corrected chi connectivity index (χ3v) is 1.40. The predicted octanol–water partition coefficient (Wildman–Crippen LogP) is 0.901. The molecule has 1 atom stereocenters. The highest BCUT2D eigenvalue weighted by Crippen LogP contribution is 2.09. The van der Waals surface area contributed by atoms with E-state index in [-0.39, 0.29) is 0 Å². The summed E-state index contributed by atoms with van der Waals surface area (Å²) in [5.74, 6) is 0.343. The molecule has 0 spiro atoms. The summed E-state index contributed by atoms with van der Waals surface area (Å²) in [7, 11) is -3.38. The van der Waals surface area contributed by atoms with Gasteiger partial charge in [-0.15, -0.1) is 0 Å². The molecule has 0 radical (unpaired) electrons. The van der Waals surface area contributed by atoms with Crippen molar-refractivity contribution < 1.29 is 8.39 Å². The van der Waals surface area contributed by atoms with Crippen molar-refractivity contribution in [2.24, 2.45) is 5.14 Å². The van der Waals surface area contributed by atoms with Crippen LogP contribution in [0.3, 0.4) is 0 Å². The van der Waals surface area contributed by atoms with Crippen LogP contribution in [0.25, 0.3) is 0 Å². The van der Waals surface area contributed by atoms with Crippen molar-refractivity contribution in [2.75, 3.05) is 0 Å². The van der Waals surface area contributed by atoms with Crippen LogP contribution in [0.15, 0.2) is 30.3 Å². The molecule has 1 aromatic rings. The van der Waals surface area contributed by atoms with Gasteiger partial charge >= 0.3 is 0 Å². The summed E-state index contributed by atoms with van der Waals surface area (Å²) in [4.78, 5) is 0. The Morgan fingerprint density at radius 2 is 1.91 bits per heavy atom. The van der Waals surface area contributed by atoms with Gasteiger partial charge in [-0.3, -0.25) is 0 Å². The van der Waals surface area contributed by atoms with Gasteiger partial charge in [0.05, 0.1) is 0 Å². The Morgan fingerprint density at radius 1 is 1.36 bits per heavy atom. The second-order valence-electron chi connectivity index (χ2n) is 1.94. The lowest BCUT2D eigenvalue weighted by molar-refractivity contribution is 0.549. The van der Waals surface area contributed by atoms with Crippen LogP contribution in [0.2, 0.25) is 0 Å². The number of benzene rings is 1. The lowest BCUT2D eigenvalue weighted by Gasteiger charge is -2.02. The second-order valence-corrected chi connectivity index (χ2v) is 3.20. The summed E-state index contributed by atoms with van der Waals surface area (Å²) in [6, 6.07) is 8.37. The van der Waals surface area contributed by atoms with Crippen LogP contribution in [-0.4, -0.2) is 4.21 Å². The Hall–Kier alpha value is -1.07. The van der Waals surface area contributed by atoms with Crippen molar-refractivity contribution in [3.8, 4) is 5.75 Å². The molecule has 0 bridgehead atoms. The van der Waals surface area contributed by atoms with Gasteiger partial charge in [-0.1, -0.05) is 18.2 Å². The summed E-state index contributed by atoms with van der Waals surface area (Å²) in [6.45, 7) is 0. The molecule has 0 aliphatic rings. The minimum atomic E-state index is -3.38. The molecule has 0 fully saturated rings. The molecular weight excluding hydrogens is 164 g/mol. The van der Waals surface area contributed by atoms with Gasteiger partial charge in [0.15, 0.2) is 0 Å². The molecule has 0 amide bonds. The molecular formula is C6H8N2O2S. The Bertz CT molecular complexity index is 320. The second kappa shape index (κ2) is 2.89. The Labute approximate surface area is 65.3 Å². The van der Waals surface area contributed by atoms with Gasteiger partial charge in [0.1, 0.15) is 5.75 Å². The molecule has 1 unspecified atom stereocenters. The Morgan fingerprint density at radius 3 is 2.36 bits per heavy atom. The SMILES string of the molecule is N=S(N)(=O)Oc1ccccc1.